The van der Waals surface area contributed by atoms with Crippen molar-refractivity contribution in [3.8, 4) is 123 Å². The van der Waals surface area contributed by atoms with E-state index in [-0.39, 0.29) is 5.56 Å². The highest BCUT2D eigenvalue weighted by Crippen LogP contribution is 2.45. The molecule has 0 aliphatic heterocycles. The van der Waals surface area contributed by atoms with Crippen molar-refractivity contribution in [3.05, 3.63) is 261 Å². The lowest BCUT2D eigenvalue weighted by Crippen LogP contribution is -1.94. The number of nitrogens with zero attached hydrogens (tertiary/aromatic N) is 5. The van der Waals surface area contributed by atoms with Crippen molar-refractivity contribution < 1.29 is 12.3 Å². The standard InChI is InChI=1S/C68H51N5/c1-46-21-36-66(71-45-46)54-34-35-64(65(44-54)51-24-22-48(23-25-51)47-13-5-4-6-14-47)63-20-12-11-19-62(63)57-42-55(60-17-9-7-15-58(60)49-26-30-52(31-27-49)67-69-37-39-72(67)2)41-56(43-57)61-18-10-8-16-59(61)50-28-32-53(33-29-50)68-70-38-40-73(68)3/h4-45H,1-3H3/i1D3,2D3,3D3. The third kappa shape index (κ3) is 8.90. The topological polar surface area (TPSA) is 48.5 Å². The maximum atomic E-state index is 8.09. The van der Waals surface area contributed by atoms with E-state index in [2.05, 4.69) is 130 Å². The predicted octanol–water partition coefficient (Wildman–Crippen LogP) is 17.2. The van der Waals surface area contributed by atoms with E-state index >= 15 is 0 Å². The molecule has 0 atom stereocenters. The number of aryl methyl sites for hydroxylation is 3. The smallest absolute Gasteiger partial charge is 0.139 e. The van der Waals surface area contributed by atoms with Crippen molar-refractivity contribution in [2.75, 3.05) is 0 Å². The van der Waals surface area contributed by atoms with Gasteiger partial charge in [0.05, 0.1) is 5.69 Å². The molecular formula is C68H51N5. The van der Waals surface area contributed by atoms with Gasteiger partial charge in [0.1, 0.15) is 11.6 Å². The van der Waals surface area contributed by atoms with E-state index in [0.717, 1.165) is 94.6 Å². The number of benzene rings is 9. The molecular weight excluding hydrogens is 887 g/mol. The van der Waals surface area contributed by atoms with Crippen LogP contribution in [-0.2, 0) is 14.0 Å². The lowest BCUT2D eigenvalue weighted by atomic mass is 9.84. The van der Waals surface area contributed by atoms with Gasteiger partial charge in [0.25, 0.3) is 0 Å². The molecule has 0 unspecified atom stereocenters. The Balaban J connectivity index is 1.03. The number of rotatable bonds is 11. The molecule has 0 saturated heterocycles. The molecule has 12 aromatic rings. The summed E-state index contributed by atoms with van der Waals surface area (Å²) in [5, 5.41) is 0. The normalized spacial score (nSPS) is 13.6. The zero-order valence-corrected chi connectivity index (χ0v) is 39.5. The second-order valence-corrected chi connectivity index (χ2v) is 18.0. The molecule has 73 heavy (non-hydrogen) atoms. The highest BCUT2D eigenvalue weighted by Gasteiger charge is 2.19. The van der Waals surface area contributed by atoms with E-state index in [0.29, 0.717) is 28.5 Å². The maximum Gasteiger partial charge on any atom is 0.139 e. The van der Waals surface area contributed by atoms with Crippen LogP contribution in [0.4, 0.5) is 0 Å². The minimum atomic E-state index is -2.39. The fraction of sp³-hybridized carbons (Fsp3) is 0.0441. The Kier molecular flexibility index (Phi) is 9.46. The summed E-state index contributed by atoms with van der Waals surface area (Å²) < 4.78 is 74.9. The van der Waals surface area contributed by atoms with E-state index in [4.69, 9.17) is 12.3 Å². The van der Waals surface area contributed by atoms with Gasteiger partial charge in [0.15, 0.2) is 0 Å². The Morgan fingerprint density at radius 1 is 0.301 bits per heavy atom. The van der Waals surface area contributed by atoms with Crippen molar-refractivity contribution in [3.63, 3.8) is 0 Å². The second-order valence-electron chi connectivity index (χ2n) is 18.0. The zero-order valence-electron chi connectivity index (χ0n) is 48.5. The van der Waals surface area contributed by atoms with Crippen LogP contribution in [0.3, 0.4) is 0 Å². The largest absolute Gasteiger partial charge is 0.334 e. The highest BCUT2D eigenvalue weighted by molar-refractivity contribution is 5.97. The number of hydrogen-bond donors (Lipinski definition) is 0. The third-order valence-electron chi connectivity index (χ3n) is 13.5. The third-order valence-corrected chi connectivity index (χ3v) is 13.5. The molecule has 348 valence electrons. The summed E-state index contributed by atoms with van der Waals surface area (Å²) in [6, 6.07) is 75.9. The Morgan fingerprint density at radius 2 is 0.699 bits per heavy atom. The lowest BCUT2D eigenvalue weighted by Gasteiger charge is -2.19. The van der Waals surface area contributed by atoms with Crippen LogP contribution < -0.4 is 0 Å². The summed E-state index contributed by atoms with van der Waals surface area (Å²) in [7, 11) is 0. The van der Waals surface area contributed by atoms with E-state index in [1.807, 2.05) is 97.1 Å². The molecule has 0 saturated carbocycles. The minimum absolute atomic E-state index is 0.176. The Labute approximate surface area is 439 Å². The predicted molar refractivity (Wildman–Crippen MR) is 302 cm³/mol. The first-order valence-corrected chi connectivity index (χ1v) is 24.0. The van der Waals surface area contributed by atoms with Crippen LogP contribution in [0.1, 0.15) is 17.9 Å². The fourth-order valence-electron chi connectivity index (χ4n) is 9.88. The van der Waals surface area contributed by atoms with Gasteiger partial charge in [0, 0.05) is 74.0 Å². The van der Waals surface area contributed by atoms with Crippen LogP contribution in [0.2, 0.25) is 0 Å². The minimum Gasteiger partial charge on any atom is -0.334 e. The van der Waals surface area contributed by atoms with Gasteiger partial charge in [0.2, 0.25) is 0 Å². The van der Waals surface area contributed by atoms with E-state index in [9.17, 15) is 0 Å². The van der Waals surface area contributed by atoms with Gasteiger partial charge < -0.3 is 9.13 Å². The Bertz CT molecular complexity index is 4100. The Morgan fingerprint density at radius 3 is 1.18 bits per heavy atom. The quantitative estimate of drug-likeness (QED) is 0.130. The molecule has 0 bridgehead atoms. The molecule has 9 aromatic carbocycles. The van der Waals surface area contributed by atoms with Gasteiger partial charge in [-0.1, -0.05) is 194 Å². The molecule has 0 N–H and O–H groups in total. The molecule has 0 radical (unpaired) electrons. The summed E-state index contributed by atoms with van der Waals surface area (Å²) in [4.78, 5) is 13.5. The van der Waals surface area contributed by atoms with Crippen molar-refractivity contribution in [2.45, 2.75) is 6.85 Å². The van der Waals surface area contributed by atoms with Crippen LogP contribution in [-0.4, -0.2) is 24.1 Å². The molecule has 12 rings (SSSR count). The van der Waals surface area contributed by atoms with E-state index in [1.54, 1.807) is 12.1 Å². The Hall–Kier alpha value is -9.45. The molecule has 0 aliphatic carbocycles. The van der Waals surface area contributed by atoms with Crippen molar-refractivity contribution >= 4 is 0 Å². The van der Waals surface area contributed by atoms with Crippen molar-refractivity contribution in [2.24, 2.45) is 14.0 Å². The first kappa shape index (κ1) is 35.6. The van der Waals surface area contributed by atoms with Crippen LogP contribution in [0.15, 0.2) is 255 Å². The van der Waals surface area contributed by atoms with Gasteiger partial charge in [-0.15, -0.1) is 0 Å². The maximum absolute atomic E-state index is 8.09. The SMILES string of the molecule is [2H]C([2H])([2H])c1ccc(-c2ccc(-c3ccccc3-c3cc(-c4ccccc4-c4ccc(-c5nccn5C([2H])([2H])[2H])cc4)cc(-c4ccccc4-c4ccc(-c5nccn5C([2H])([2H])[2H])cc4)c3)c(-c3ccc(-c4ccccc4)cc3)c2)nc1. The first-order chi connectivity index (χ1) is 39.5. The van der Waals surface area contributed by atoms with E-state index < -0.39 is 20.8 Å². The van der Waals surface area contributed by atoms with Crippen LogP contribution in [0.5, 0.6) is 0 Å². The van der Waals surface area contributed by atoms with E-state index in [1.165, 1.54) is 40.1 Å². The van der Waals surface area contributed by atoms with Gasteiger partial charge in [-0.25, -0.2) is 9.97 Å². The molecule has 5 nitrogen and oxygen atoms in total. The number of aromatic nitrogens is 5. The number of hydrogen-bond acceptors (Lipinski definition) is 3. The van der Waals surface area contributed by atoms with Crippen LogP contribution in [0.25, 0.3) is 123 Å². The zero-order chi connectivity index (χ0) is 56.8. The summed E-state index contributed by atoms with van der Waals surface area (Å²) in [5.74, 6) is 0.712. The summed E-state index contributed by atoms with van der Waals surface area (Å²) >= 11 is 0. The van der Waals surface area contributed by atoms with Gasteiger partial charge in [-0.05, 0) is 132 Å². The molecule has 3 aromatic heterocycles. The molecule has 0 amide bonds. The molecule has 0 spiro atoms. The highest BCUT2D eigenvalue weighted by atomic mass is 15.0. The van der Waals surface area contributed by atoms with Crippen LogP contribution in [0, 0.1) is 6.85 Å². The average molecular weight is 947 g/mol. The van der Waals surface area contributed by atoms with Gasteiger partial charge in [-0.3, -0.25) is 4.98 Å². The fourth-order valence-corrected chi connectivity index (χ4v) is 9.88. The number of imidazole rings is 2. The number of pyridine rings is 1. The second kappa shape index (κ2) is 19.4. The summed E-state index contributed by atoms with van der Waals surface area (Å²) in [5.41, 5.74) is 18.8. The summed E-state index contributed by atoms with van der Waals surface area (Å²) in [6.07, 6.45) is 7.39. The molecule has 0 aliphatic rings. The first-order valence-electron chi connectivity index (χ1n) is 28.5. The monoisotopic (exact) mass is 946 g/mol. The van der Waals surface area contributed by atoms with Crippen LogP contribution >= 0.6 is 0 Å². The molecule has 5 heteroatoms. The van der Waals surface area contributed by atoms with Gasteiger partial charge in [-0.2, -0.15) is 0 Å². The van der Waals surface area contributed by atoms with Crippen molar-refractivity contribution in [1.82, 2.24) is 24.1 Å². The summed E-state index contributed by atoms with van der Waals surface area (Å²) in [6.45, 7) is -7.06. The molecule has 0 fully saturated rings. The van der Waals surface area contributed by atoms with Crippen molar-refractivity contribution in [1.29, 1.82) is 0 Å². The van der Waals surface area contributed by atoms with Gasteiger partial charge >= 0.3 is 0 Å². The lowest BCUT2D eigenvalue weighted by molar-refractivity contribution is 0.925. The average Bonchev–Trinajstić information content (AvgIpc) is 4.36. The molecule has 3 heterocycles.